The Labute approximate surface area is 78.5 Å². The molecule has 0 aromatic carbocycles. The van der Waals surface area contributed by atoms with Crippen molar-refractivity contribution in [1.82, 2.24) is 5.32 Å². The van der Waals surface area contributed by atoms with Crippen molar-refractivity contribution in [3.63, 3.8) is 0 Å². The lowest BCUT2D eigenvalue weighted by molar-refractivity contribution is -0.141. The average Bonchev–Trinajstić information content (AvgIpc) is 2.78. The van der Waals surface area contributed by atoms with Gasteiger partial charge in [-0.1, -0.05) is 0 Å². The molecule has 2 aliphatic carbocycles. The van der Waals surface area contributed by atoms with E-state index < -0.39 is 5.97 Å². The fourth-order valence-electron chi connectivity index (χ4n) is 2.04. The zero-order valence-electron chi connectivity index (χ0n) is 8.05. The largest absolute Gasteiger partial charge is 0.480 e. The first-order chi connectivity index (χ1) is 6.11. The summed E-state index contributed by atoms with van der Waals surface area (Å²) in [6.07, 6.45) is 5.66. The summed E-state index contributed by atoms with van der Waals surface area (Å²) < 4.78 is 0. The van der Waals surface area contributed by atoms with Crippen molar-refractivity contribution in [3.05, 3.63) is 0 Å². The van der Waals surface area contributed by atoms with Crippen molar-refractivity contribution >= 4 is 5.97 Å². The van der Waals surface area contributed by atoms with Crippen molar-refractivity contribution in [2.75, 3.05) is 0 Å². The number of aliphatic carboxylic acids is 1. The van der Waals surface area contributed by atoms with Crippen LogP contribution in [0, 0.1) is 5.92 Å². The maximum atomic E-state index is 10.9. The predicted molar refractivity (Wildman–Crippen MR) is 49.5 cm³/mol. The number of hydrogen-bond donors (Lipinski definition) is 2. The molecule has 0 radical (unpaired) electrons. The van der Waals surface area contributed by atoms with Gasteiger partial charge in [-0.15, -0.1) is 0 Å². The third kappa shape index (κ3) is 1.85. The smallest absolute Gasteiger partial charge is 0.320 e. The van der Waals surface area contributed by atoms with Gasteiger partial charge in [0.1, 0.15) is 6.04 Å². The molecule has 2 saturated carbocycles. The van der Waals surface area contributed by atoms with E-state index in [9.17, 15) is 4.79 Å². The molecule has 2 aliphatic rings. The van der Waals surface area contributed by atoms with E-state index in [4.69, 9.17) is 5.11 Å². The van der Waals surface area contributed by atoms with Gasteiger partial charge in [0.2, 0.25) is 0 Å². The first kappa shape index (κ1) is 9.00. The predicted octanol–water partition coefficient (Wildman–Crippen LogP) is 1.38. The van der Waals surface area contributed by atoms with Crippen LogP contribution >= 0.6 is 0 Å². The van der Waals surface area contributed by atoms with Crippen molar-refractivity contribution in [1.29, 1.82) is 0 Å². The Hall–Kier alpha value is -0.570. The number of carbonyl (C=O) groups is 1. The SMILES string of the molecule is CC1(NC(C(=O)O)C2CC2)CCC1. The minimum absolute atomic E-state index is 0.117. The molecule has 2 N–H and O–H groups in total. The van der Waals surface area contributed by atoms with E-state index in [1.807, 2.05) is 0 Å². The Morgan fingerprint density at radius 2 is 2.15 bits per heavy atom. The van der Waals surface area contributed by atoms with E-state index >= 15 is 0 Å². The fraction of sp³-hybridized carbons (Fsp3) is 0.900. The van der Waals surface area contributed by atoms with Crippen LogP contribution in [0.15, 0.2) is 0 Å². The highest BCUT2D eigenvalue weighted by Crippen LogP contribution is 2.37. The molecule has 2 rings (SSSR count). The molecule has 0 aliphatic heterocycles. The van der Waals surface area contributed by atoms with Gasteiger partial charge in [-0.05, 0) is 44.9 Å². The van der Waals surface area contributed by atoms with Crippen LogP contribution in [0.5, 0.6) is 0 Å². The van der Waals surface area contributed by atoms with Gasteiger partial charge >= 0.3 is 5.97 Å². The van der Waals surface area contributed by atoms with E-state index in [0.717, 1.165) is 25.7 Å². The standard InChI is InChI=1S/C10H17NO2/c1-10(5-2-6-10)11-8(9(12)13)7-3-4-7/h7-8,11H,2-6H2,1H3,(H,12,13). The van der Waals surface area contributed by atoms with Crippen molar-refractivity contribution in [2.24, 2.45) is 5.92 Å². The van der Waals surface area contributed by atoms with Crippen molar-refractivity contribution in [3.8, 4) is 0 Å². The van der Waals surface area contributed by atoms with Gasteiger partial charge in [-0.25, -0.2) is 0 Å². The van der Waals surface area contributed by atoms with Crippen LogP contribution in [0.1, 0.15) is 39.0 Å². The zero-order chi connectivity index (χ0) is 9.47. The number of carboxylic acid groups (broad SMARTS) is 1. The van der Waals surface area contributed by atoms with Gasteiger partial charge in [0.15, 0.2) is 0 Å². The van der Waals surface area contributed by atoms with Crippen molar-refractivity contribution < 1.29 is 9.90 Å². The molecule has 0 heterocycles. The number of carboxylic acids is 1. The molecule has 0 amide bonds. The minimum atomic E-state index is -0.671. The van der Waals surface area contributed by atoms with Crippen LogP contribution < -0.4 is 5.32 Å². The second-order valence-corrected chi connectivity index (χ2v) is 4.71. The first-order valence-electron chi connectivity index (χ1n) is 5.11. The van der Waals surface area contributed by atoms with E-state index in [1.54, 1.807) is 0 Å². The van der Waals surface area contributed by atoms with Gasteiger partial charge in [0.25, 0.3) is 0 Å². The summed E-state index contributed by atoms with van der Waals surface area (Å²) in [7, 11) is 0. The molecule has 0 aromatic rings. The lowest BCUT2D eigenvalue weighted by Gasteiger charge is -2.41. The zero-order valence-corrected chi connectivity index (χ0v) is 8.05. The molecule has 3 nitrogen and oxygen atoms in total. The molecule has 13 heavy (non-hydrogen) atoms. The molecule has 0 saturated heterocycles. The van der Waals surface area contributed by atoms with E-state index in [-0.39, 0.29) is 11.6 Å². The Balaban J connectivity index is 1.92. The van der Waals surface area contributed by atoms with E-state index in [2.05, 4.69) is 12.2 Å². The highest BCUT2D eigenvalue weighted by molar-refractivity contribution is 5.74. The van der Waals surface area contributed by atoms with Crippen LogP contribution in [0.4, 0.5) is 0 Å². The summed E-state index contributed by atoms with van der Waals surface area (Å²) in [5.41, 5.74) is 0.117. The molecule has 0 aromatic heterocycles. The molecular weight excluding hydrogens is 166 g/mol. The molecule has 2 fully saturated rings. The lowest BCUT2D eigenvalue weighted by atomic mass is 9.78. The summed E-state index contributed by atoms with van der Waals surface area (Å²) in [5.74, 6) is -0.273. The molecule has 0 bridgehead atoms. The second-order valence-electron chi connectivity index (χ2n) is 4.71. The Morgan fingerprint density at radius 3 is 2.46 bits per heavy atom. The lowest BCUT2D eigenvalue weighted by Crippen LogP contribution is -2.55. The van der Waals surface area contributed by atoms with E-state index in [0.29, 0.717) is 5.92 Å². The topological polar surface area (TPSA) is 49.3 Å². The van der Waals surface area contributed by atoms with Crippen LogP contribution in [-0.2, 0) is 4.79 Å². The summed E-state index contributed by atoms with van der Waals surface area (Å²) >= 11 is 0. The number of hydrogen-bond acceptors (Lipinski definition) is 2. The number of rotatable bonds is 4. The molecule has 74 valence electrons. The molecule has 0 spiro atoms. The molecular formula is C10H17NO2. The third-order valence-electron chi connectivity index (χ3n) is 3.32. The minimum Gasteiger partial charge on any atom is -0.480 e. The summed E-state index contributed by atoms with van der Waals surface area (Å²) in [6.45, 7) is 2.13. The van der Waals surface area contributed by atoms with Gasteiger partial charge in [-0.2, -0.15) is 0 Å². The van der Waals surface area contributed by atoms with Crippen LogP contribution in [-0.4, -0.2) is 22.7 Å². The number of nitrogens with one attached hydrogen (secondary N) is 1. The monoisotopic (exact) mass is 183 g/mol. The van der Waals surface area contributed by atoms with Gasteiger partial charge in [0, 0.05) is 5.54 Å². The summed E-state index contributed by atoms with van der Waals surface area (Å²) in [5, 5.41) is 12.3. The first-order valence-corrected chi connectivity index (χ1v) is 5.11. The maximum Gasteiger partial charge on any atom is 0.320 e. The Kier molecular flexibility index (Phi) is 2.06. The van der Waals surface area contributed by atoms with Crippen molar-refractivity contribution in [2.45, 2.75) is 50.6 Å². The third-order valence-corrected chi connectivity index (χ3v) is 3.32. The molecule has 1 unspecified atom stereocenters. The van der Waals surface area contributed by atoms with Gasteiger partial charge in [-0.3, -0.25) is 10.1 Å². The normalized spacial score (nSPS) is 27.8. The van der Waals surface area contributed by atoms with Gasteiger partial charge in [0.05, 0.1) is 0 Å². The molecule has 3 heteroatoms. The highest BCUT2D eigenvalue weighted by Gasteiger charge is 2.42. The summed E-state index contributed by atoms with van der Waals surface area (Å²) in [6, 6.07) is -0.287. The highest BCUT2D eigenvalue weighted by atomic mass is 16.4. The van der Waals surface area contributed by atoms with Crippen LogP contribution in [0.25, 0.3) is 0 Å². The fourth-order valence-corrected chi connectivity index (χ4v) is 2.04. The van der Waals surface area contributed by atoms with E-state index in [1.165, 1.54) is 6.42 Å². The maximum absolute atomic E-state index is 10.9. The molecule has 1 atom stereocenters. The van der Waals surface area contributed by atoms with Gasteiger partial charge < -0.3 is 5.11 Å². The Bertz CT molecular complexity index is 219. The quantitative estimate of drug-likeness (QED) is 0.692. The van der Waals surface area contributed by atoms with Crippen LogP contribution in [0.3, 0.4) is 0 Å². The summed E-state index contributed by atoms with van der Waals surface area (Å²) in [4.78, 5) is 10.9. The average molecular weight is 183 g/mol. The van der Waals surface area contributed by atoms with Crippen LogP contribution in [0.2, 0.25) is 0 Å². The Morgan fingerprint density at radius 1 is 1.54 bits per heavy atom. The second kappa shape index (κ2) is 2.98.